The zero-order valence-electron chi connectivity index (χ0n) is 15.0. The Morgan fingerprint density at radius 3 is 2.41 bits per heavy atom. The molecule has 140 valence electrons. The van der Waals surface area contributed by atoms with Crippen LogP contribution in [0.25, 0.3) is 0 Å². The fourth-order valence-corrected chi connectivity index (χ4v) is 2.69. The molecule has 2 rings (SSSR count). The third-order valence-corrected chi connectivity index (χ3v) is 4.14. The molecule has 0 fully saturated rings. The molecule has 27 heavy (non-hydrogen) atoms. The molecule has 0 aliphatic heterocycles. The van der Waals surface area contributed by atoms with Crippen LogP contribution in [0.1, 0.15) is 34.4 Å². The van der Waals surface area contributed by atoms with E-state index >= 15 is 0 Å². The van der Waals surface area contributed by atoms with Gasteiger partial charge in [0.15, 0.2) is 0 Å². The summed E-state index contributed by atoms with van der Waals surface area (Å²) in [6.07, 6.45) is 0.377. The molecular weight excluding hydrogens is 351 g/mol. The van der Waals surface area contributed by atoms with E-state index in [2.05, 4.69) is 15.8 Å². The topological polar surface area (TPSA) is 115 Å². The Morgan fingerprint density at radius 1 is 1.15 bits per heavy atom. The minimum Gasteiger partial charge on any atom is -0.325 e. The normalized spacial score (nSPS) is 10.1. The maximum absolute atomic E-state index is 12.8. The first-order valence-corrected chi connectivity index (χ1v) is 8.26. The van der Waals surface area contributed by atoms with E-state index in [9.17, 15) is 18.8 Å². The van der Waals surface area contributed by atoms with E-state index in [0.717, 1.165) is 5.56 Å². The van der Waals surface area contributed by atoms with Crippen LogP contribution >= 0.6 is 0 Å². The summed E-state index contributed by atoms with van der Waals surface area (Å²) in [5.41, 5.74) is 6.68. The second kappa shape index (κ2) is 8.76. The summed E-state index contributed by atoms with van der Waals surface area (Å²) < 4.78 is 12.8. The van der Waals surface area contributed by atoms with E-state index in [1.54, 1.807) is 13.8 Å². The van der Waals surface area contributed by atoms with Gasteiger partial charge in [0.25, 0.3) is 5.56 Å². The molecule has 1 heterocycles. The van der Waals surface area contributed by atoms with Crippen molar-refractivity contribution in [3.8, 4) is 6.07 Å². The van der Waals surface area contributed by atoms with Gasteiger partial charge in [-0.05, 0) is 49.1 Å². The Labute approximate surface area is 155 Å². The number of carbonyl (C=O) groups excluding carboxylic acids is 2. The van der Waals surface area contributed by atoms with E-state index in [1.165, 1.54) is 24.3 Å². The Morgan fingerprint density at radius 2 is 1.78 bits per heavy atom. The van der Waals surface area contributed by atoms with E-state index < -0.39 is 17.4 Å². The summed E-state index contributed by atoms with van der Waals surface area (Å²) in [4.78, 5) is 38.1. The minimum absolute atomic E-state index is 0.00419. The number of hydrazine groups is 1. The average Bonchev–Trinajstić information content (AvgIpc) is 2.62. The van der Waals surface area contributed by atoms with Crippen molar-refractivity contribution >= 4 is 11.8 Å². The average molecular weight is 370 g/mol. The van der Waals surface area contributed by atoms with Crippen LogP contribution in [0.5, 0.6) is 0 Å². The van der Waals surface area contributed by atoms with Crippen LogP contribution in [0.15, 0.2) is 29.1 Å². The van der Waals surface area contributed by atoms with E-state index in [-0.39, 0.29) is 24.2 Å². The van der Waals surface area contributed by atoms with Gasteiger partial charge >= 0.3 is 0 Å². The summed E-state index contributed by atoms with van der Waals surface area (Å²) in [5, 5.41) is 9.06. The zero-order chi connectivity index (χ0) is 20.0. The molecule has 0 aliphatic rings. The van der Waals surface area contributed by atoms with Crippen LogP contribution in [0.4, 0.5) is 4.39 Å². The fraction of sp³-hybridized carbons (Fsp3) is 0.263. The molecule has 2 aromatic rings. The molecule has 0 saturated carbocycles. The number of pyridine rings is 1. The Hall–Kier alpha value is -3.47. The largest absolute Gasteiger partial charge is 0.325 e. The molecule has 0 atom stereocenters. The molecule has 1 aromatic carbocycles. The van der Waals surface area contributed by atoms with E-state index in [1.807, 2.05) is 6.07 Å². The number of aromatic amines is 1. The smallest absolute Gasteiger partial charge is 0.266 e. The Bertz CT molecular complexity index is 959. The number of hydrogen-bond donors (Lipinski definition) is 3. The number of nitriles is 1. The number of nitrogens with zero attached hydrogens (tertiary/aromatic N) is 1. The summed E-state index contributed by atoms with van der Waals surface area (Å²) in [5.74, 6) is -1.23. The number of aryl methyl sites for hydroxylation is 1. The summed E-state index contributed by atoms with van der Waals surface area (Å²) in [6, 6.07) is 7.35. The minimum atomic E-state index is -0.450. The third-order valence-electron chi connectivity index (χ3n) is 4.14. The second-order valence-electron chi connectivity index (χ2n) is 6.07. The predicted molar refractivity (Wildman–Crippen MR) is 96.0 cm³/mol. The number of benzene rings is 1. The third kappa shape index (κ3) is 5.25. The number of carbonyl (C=O) groups is 2. The highest BCUT2D eigenvalue weighted by Crippen LogP contribution is 2.14. The van der Waals surface area contributed by atoms with Crippen molar-refractivity contribution in [3.05, 3.63) is 68.4 Å². The fourth-order valence-electron chi connectivity index (χ4n) is 2.69. The van der Waals surface area contributed by atoms with Gasteiger partial charge in [-0.3, -0.25) is 25.2 Å². The van der Waals surface area contributed by atoms with Crippen LogP contribution in [0, 0.1) is 31.0 Å². The standard InChI is InChI=1S/C19H19FN4O3/c1-11-15(12(2)22-19(27)16(11)10-21)7-8-17(25)23-24-18(26)9-13-3-5-14(20)6-4-13/h3-6H,7-9H2,1-2H3,(H,22,27)(H,23,25)(H,24,26). The summed E-state index contributed by atoms with van der Waals surface area (Å²) in [6.45, 7) is 3.37. The van der Waals surface area contributed by atoms with Crippen LogP contribution in [-0.2, 0) is 22.4 Å². The second-order valence-corrected chi connectivity index (χ2v) is 6.07. The molecule has 1 aromatic heterocycles. The van der Waals surface area contributed by atoms with Crippen molar-refractivity contribution in [1.82, 2.24) is 15.8 Å². The van der Waals surface area contributed by atoms with Crippen molar-refractivity contribution in [1.29, 1.82) is 5.26 Å². The lowest BCUT2D eigenvalue weighted by atomic mass is 9.99. The highest BCUT2D eigenvalue weighted by Gasteiger charge is 2.13. The van der Waals surface area contributed by atoms with Gasteiger partial charge in [0.2, 0.25) is 11.8 Å². The zero-order valence-corrected chi connectivity index (χ0v) is 15.0. The lowest BCUT2D eigenvalue weighted by Crippen LogP contribution is -2.42. The van der Waals surface area contributed by atoms with Crippen molar-refractivity contribution in [2.24, 2.45) is 0 Å². The molecule has 0 unspecified atom stereocenters. The first-order chi connectivity index (χ1) is 12.8. The predicted octanol–water partition coefficient (Wildman–Crippen LogP) is 1.33. The molecule has 2 amide bonds. The molecule has 0 saturated heterocycles. The maximum Gasteiger partial charge on any atom is 0.266 e. The summed E-state index contributed by atoms with van der Waals surface area (Å²) >= 11 is 0. The van der Waals surface area contributed by atoms with Crippen LogP contribution in [0.3, 0.4) is 0 Å². The molecule has 7 nitrogen and oxygen atoms in total. The molecule has 0 radical (unpaired) electrons. The van der Waals surface area contributed by atoms with Crippen molar-refractivity contribution < 1.29 is 14.0 Å². The molecule has 8 heteroatoms. The number of rotatable bonds is 5. The van der Waals surface area contributed by atoms with Gasteiger partial charge in [0.1, 0.15) is 17.4 Å². The van der Waals surface area contributed by atoms with E-state index in [0.29, 0.717) is 23.2 Å². The monoisotopic (exact) mass is 370 g/mol. The Balaban J connectivity index is 1.88. The van der Waals surface area contributed by atoms with Crippen molar-refractivity contribution in [3.63, 3.8) is 0 Å². The van der Waals surface area contributed by atoms with Crippen molar-refractivity contribution in [2.45, 2.75) is 33.1 Å². The van der Waals surface area contributed by atoms with Crippen LogP contribution in [-0.4, -0.2) is 16.8 Å². The number of nitrogens with one attached hydrogen (secondary N) is 3. The number of amides is 2. The first kappa shape index (κ1) is 19.8. The van der Waals surface area contributed by atoms with Gasteiger partial charge in [-0.15, -0.1) is 0 Å². The Kier molecular flexibility index (Phi) is 6.44. The molecule has 3 N–H and O–H groups in total. The highest BCUT2D eigenvalue weighted by molar-refractivity contribution is 5.83. The number of halogens is 1. The van der Waals surface area contributed by atoms with Gasteiger partial charge in [-0.25, -0.2) is 4.39 Å². The number of aromatic nitrogens is 1. The first-order valence-electron chi connectivity index (χ1n) is 8.26. The van der Waals surface area contributed by atoms with E-state index in [4.69, 9.17) is 5.26 Å². The molecule has 0 aliphatic carbocycles. The van der Waals surface area contributed by atoms with Gasteiger partial charge < -0.3 is 4.98 Å². The number of H-pyrrole nitrogens is 1. The van der Waals surface area contributed by atoms with Gasteiger partial charge in [0.05, 0.1) is 6.42 Å². The van der Waals surface area contributed by atoms with Crippen LogP contribution in [0.2, 0.25) is 0 Å². The van der Waals surface area contributed by atoms with Gasteiger partial charge in [-0.1, -0.05) is 12.1 Å². The van der Waals surface area contributed by atoms with Crippen LogP contribution < -0.4 is 16.4 Å². The summed E-state index contributed by atoms with van der Waals surface area (Å²) in [7, 11) is 0. The SMILES string of the molecule is Cc1[nH]c(=O)c(C#N)c(C)c1CCC(=O)NNC(=O)Cc1ccc(F)cc1. The van der Waals surface area contributed by atoms with Gasteiger partial charge in [0, 0.05) is 12.1 Å². The lowest BCUT2D eigenvalue weighted by Gasteiger charge is -2.11. The quantitative estimate of drug-likeness (QED) is 0.689. The number of hydrogen-bond acceptors (Lipinski definition) is 4. The molecule has 0 bridgehead atoms. The van der Waals surface area contributed by atoms with Gasteiger partial charge in [-0.2, -0.15) is 5.26 Å². The highest BCUT2D eigenvalue weighted by atomic mass is 19.1. The lowest BCUT2D eigenvalue weighted by molar-refractivity contribution is -0.128. The van der Waals surface area contributed by atoms with Crippen molar-refractivity contribution in [2.75, 3.05) is 0 Å². The maximum atomic E-state index is 12.8. The molecular formula is C19H19FN4O3. The molecule has 0 spiro atoms.